The summed E-state index contributed by atoms with van der Waals surface area (Å²) >= 11 is 6.51. The van der Waals surface area contributed by atoms with Crippen LogP contribution in [-0.4, -0.2) is 45.1 Å². The van der Waals surface area contributed by atoms with Gasteiger partial charge in [-0.05, 0) is 42.0 Å². The maximum absolute atomic E-state index is 12.9. The molecule has 0 spiro atoms. The van der Waals surface area contributed by atoms with Crippen LogP contribution in [0.15, 0.2) is 76.5 Å². The number of sulfonamides is 1. The molecule has 2 aromatic carbocycles. The van der Waals surface area contributed by atoms with Gasteiger partial charge in [0, 0.05) is 24.9 Å². The molecule has 4 rings (SSSR count). The zero-order chi connectivity index (χ0) is 29.1. The number of aromatic nitrogens is 2. The molecule has 0 bridgehead atoms. The number of anilines is 3. The second-order valence-electron chi connectivity index (χ2n) is 7.81. The molecule has 210 valence electrons. The molecule has 4 aromatic rings. The van der Waals surface area contributed by atoms with E-state index in [0.717, 1.165) is 23.2 Å². The molecule has 0 aliphatic carbocycles. The molecule has 0 fully saturated rings. The summed E-state index contributed by atoms with van der Waals surface area (Å²) in [6.07, 6.45) is -2.66. The van der Waals surface area contributed by atoms with Crippen LogP contribution in [0.1, 0.15) is 0 Å². The molecule has 2 heterocycles. The van der Waals surface area contributed by atoms with E-state index in [1.807, 2.05) is 0 Å². The number of rotatable bonds is 8. The van der Waals surface area contributed by atoms with Gasteiger partial charge in [-0.3, -0.25) is 4.72 Å². The number of halogens is 4. The molecular weight excluding hydrogens is 579 g/mol. The van der Waals surface area contributed by atoms with Crippen molar-refractivity contribution in [2.75, 3.05) is 23.8 Å². The van der Waals surface area contributed by atoms with Crippen molar-refractivity contribution in [3.8, 4) is 22.6 Å². The lowest BCUT2D eigenvalue weighted by Crippen LogP contribution is -2.35. The van der Waals surface area contributed by atoms with Crippen molar-refractivity contribution in [1.29, 1.82) is 0 Å². The topological polar surface area (TPSA) is 136 Å². The summed E-state index contributed by atoms with van der Waals surface area (Å²) in [5.74, 6) is -0.377. The maximum atomic E-state index is 12.9. The van der Waals surface area contributed by atoms with Crippen LogP contribution in [0.5, 0.6) is 11.5 Å². The Hall–Kier alpha value is -4.50. The fourth-order valence-electron chi connectivity index (χ4n) is 3.54. The van der Waals surface area contributed by atoms with Gasteiger partial charge in [0.2, 0.25) is 0 Å². The quantitative estimate of drug-likeness (QED) is 0.269. The molecule has 2 N–H and O–H groups in total. The number of hydrogen-bond acceptors (Lipinski definition) is 8. The van der Waals surface area contributed by atoms with Gasteiger partial charge >= 0.3 is 12.4 Å². The van der Waals surface area contributed by atoms with Gasteiger partial charge in [0.1, 0.15) is 28.5 Å². The summed E-state index contributed by atoms with van der Waals surface area (Å²) in [4.78, 5) is 17.9. The Morgan fingerprint density at radius 1 is 1.12 bits per heavy atom. The van der Waals surface area contributed by atoms with E-state index < -0.39 is 28.2 Å². The van der Waals surface area contributed by atoms with E-state index >= 15 is 0 Å². The number of alkyl halides is 3. The highest BCUT2D eigenvalue weighted by molar-refractivity contribution is 7.92. The van der Waals surface area contributed by atoms with E-state index in [4.69, 9.17) is 16.3 Å². The Bertz CT molecular complexity index is 1620. The Labute approximate surface area is 230 Å². The highest BCUT2D eigenvalue weighted by Gasteiger charge is 2.31. The van der Waals surface area contributed by atoms with Crippen LogP contribution in [0, 0.1) is 0 Å². The first-order chi connectivity index (χ1) is 18.9. The van der Waals surface area contributed by atoms with Crippen LogP contribution in [0.2, 0.25) is 5.02 Å². The number of nitrogens with zero attached hydrogens (tertiary/aromatic N) is 3. The first kappa shape index (κ1) is 28.5. The lowest BCUT2D eigenvalue weighted by molar-refractivity contribution is -0.274. The fraction of sp³-hybridized carbons (Fsp3) is 0.125. The van der Waals surface area contributed by atoms with Crippen molar-refractivity contribution in [3.63, 3.8) is 0 Å². The van der Waals surface area contributed by atoms with Gasteiger partial charge in [-0.2, -0.15) is 0 Å². The minimum Gasteiger partial charge on any atom is -0.495 e. The van der Waals surface area contributed by atoms with Crippen molar-refractivity contribution in [2.45, 2.75) is 11.3 Å². The Kier molecular flexibility index (Phi) is 8.06. The normalized spacial score (nSPS) is 11.6. The molecule has 2 amide bonds. The van der Waals surface area contributed by atoms with Crippen molar-refractivity contribution in [3.05, 3.63) is 72.1 Å². The highest BCUT2D eigenvalue weighted by Crippen LogP contribution is 2.42. The molecule has 11 nitrogen and oxygen atoms in total. The molecular formula is C24H19ClF3N5O6S. The molecule has 0 radical (unpaired) electrons. The largest absolute Gasteiger partial charge is 0.573 e. The standard InChI is InChI=1S/C24H19ClF3N5O6S/c1-29-23(34)33(22-7-6-16(13-30-22)40(35,36)32-21-8-9-38-31-21)19-12-18(25)17(11-20(19)37-2)14-4-3-5-15(10-14)39-24(26,27)28/h3-13H,1-2H3,(H,29,34)(H,31,32). The van der Waals surface area contributed by atoms with Gasteiger partial charge in [0.15, 0.2) is 5.82 Å². The van der Waals surface area contributed by atoms with Crippen LogP contribution in [0.4, 0.5) is 35.3 Å². The van der Waals surface area contributed by atoms with Crippen LogP contribution >= 0.6 is 11.6 Å². The predicted molar refractivity (Wildman–Crippen MR) is 138 cm³/mol. The van der Waals surface area contributed by atoms with Gasteiger partial charge in [0.25, 0.3) is 10.0 Å². The van der Waals surface area contributed by atoms with Gasteiger partial charge in [-0.15, -0.1) is 13.2 Å². The summed E-state index contributed by atoms with van der Waals surface area (Å²) in [7, 11) is -1.38. The Morgan fingerprint density at radius 3 is 2.50 bits per heavy atom. The van der Waals surface area contributed by atoms with Crippen molar-refractivity contribution in [1.82, 2.24) is 15.5 Å². The monoisotopic (exact) mass is 597 g/mol. The van der Waals surface area contributed by atoms with E-state index in [2.05, 4.69) is 29.4 Å². The second kappa shape index (κ2) is 11.3. The number of amides is 2. The van der Waals surface area contributed by atoms with E-state index in [1.54, 1.807) is 0 Å². The minimum absolute atomic E-state index is 0.00225. The number of pyridine rings is 1. The Morgan fingerprint density at radius 2 is 1.90 bits per heavy atom. The second-order valence-corrected chi connectivity index (χ2v) is 9.90. The minimum atomic E-state index is -4.88. The first-order valence-corrected chi connectivity index (χ1v) is 12.9. The van der Waals surface area contributed by atoms with Crippen molar-refractivity contribution < 1.29 is 40.4 Å². The zero-order valence-electron chi connectivity index (χ0n) is 20.6. The lowest BCUT2D eigenvalue weighted by Gasteiger charge is -2.24. The molecule has 0 saturated carbocycles. The van der Waals surface area contributed by atoms with Gasteiger partial charge < -0.3 is 19.3 Å². The summed E-state index contributed by atoms with van der Waals surface area (Å²) in [5, 5.41) is 6.01. The zero-order valence-corrected chi connectivity index (χ0v) is 22.1. The summed E-state index contributed by atoms with van der Waals surface area (Å²) in [6.45, 7) is 0. The van der Waals surface area contributed by atoms with Crippen LogP contribution < -0.4 is 24.4 Å². The smallest absolute Gasteiger partial charge is 0.495 e. The van der Waals surface area contributed by atoms with Gasteiger partial charge in [0.05, 0.1) is 17.8 Å². The summed E-state index contributed by atoms with van der Waals surface area (Å²) in [5.41, 5.74) is 0.692. The van der Waals surface area contributed by atoms with Crippen LogP contribution in [-0.2, 0) is 10.0 Å². The predicted octanol–water partition coefficient (Wildman–Crippen LogP) is 5.58. The number of urea groups is 1. The fourth-order valence-corrected chi connectivity index (χ4v) is 4.74. The third-order valence-corrected chi connectivity index (χ3v) is 6.89. The van der Waals surface area contributed by atoms with Crippen LogP contribution in [0.25, 0.3) is 11.1 Å². The SMILES string of the molecule is CNC(=O)N(c1ccc(S(=O)(=O)Nc2ccon2)cn1)c1cc(Cl)c(-c2cccc(OC(F)(F)F)c2)cc1OC. The van der Waals surface area contributed by atoms with E-state index in [9.17, 15) is 26.4 Å². The van der Waals surface area contributed by atoms with Crippen molar-refractivity contribution >= 4 is 45.0 Å². The van der Waals surface area contributed by atoms with Crippen molar-refractivity contribution in [2.24, 2.45) is 0 Å². The van der Waals surface area contributed by atoms with E-state index in [-0.39, 0.29) is 38.6 Å². The summed E-state index contributed by atoms with van der Waals surface area (Å²) < 4.78 is 79.6. The molecule has 0 saturated heterocycles. The number of ether oxygens (including phenoxy) is 2. The highest BCUT2D eigenvalue weighted by atomic mass is 35.5. The molecule has 0 unspecified atom stereocenters. The average Bonchev–Trinajstić information content (AvgIpc) is 3.40. The lowest BCUT2D eigenvalue weighted by atomic mass is 10.0. The van der Waals surface area contributed by atoms with Gasteiger partial charge in [-0.1, -0.05) is 28.9 Å². The van der Waals surface area contributed by atoms with E-state index in [1.165, 1.54) is 62.9 Å². The first-order valence-electron chi connectivity index (χ1n) is 11.1. The number of carbonyl (C=O) groups is 1. The third kappa shape index (κ3) is 6.38. The third-order valence-electron chi connectivity index (χ3n) is 5.24. The number of methoxy groups -OCH3 is 1. The number of hydrogen-bond donors (Lipinski definition) is 2. The van der Waals surface area contributed by atoms with E-state index in [0.29, 0.717) is 5.56 Å². The number of benzene rings is 2. The number of carbonyl (C=O) groups excluding carboxylic acids is 1. The average molecular weight is 598 g/mol. The van der Waals surface area contributed by atoms with Gasteiger partial charge in [-0.25, -0.2) is 23.1 Å². The molecule has 0 atom stereocenters. The molecule has 2 aromatic heterocycles. The van der Waals surface area contributed by atoms with Crippen LogP contribution in [0.3, 0.4) is 0 Å². The number of nitrogens with one attached hydrogen (secondary N) is 2. The summed E-state index contributed by atoms with van der Waals surface area (Å²) in [6, 6.07) is 11.1. The Balaban J connectivity index is 1.72. The molecule has 0 aliphatic rings. The molecule has 16 heteroatoms. The maximum Gasteiger partial charge on any atom is 0.573 e. The molecule has 40 heavy (non-hydrogen) atoms. The molecule has 0 aliphatic heterocycles.